The Hall–Kier alpha value is -0.830. The van der Waals surface area contributed by atoms with E-state index in [2.05, 4.69) is 15.9 Å². The summed E-state index contributed by atoms with van der Waals surface area (Å²) >= 11 is 15.6. The number of rotatable bonds is 2. The zero-order valence-corrected chi connectivity index (χ0v) is 13.5. The molecular weight excluding hydrogens is 347 g/mol. The first-order valence-corrected chi connectivity index (χ1v) is 7.22. The Morgan fingerprint density at radius 1 is 1.05 bits per heavy atom. The predicted molar refractivity (Wildman–Crippen MR) is 83.5 cm³/mol. The van der Waals surface area contributed by atoms with Crippen LogP contribution in [0.4, 0.5) is 0 Å². The topological polar surface area (TPSA) is 17.1 Å². The van der Waals surface area contributed by atoms with Crippen molar-refractivity contribution in [2.45, 2.75) is 13.8 Å². The Balaban J connectivity index is 2.60. The molecule has 0 saturated heterocycles. The molecule has 2 rings (SSSR count). The highest BCUT2D eigenvalue weighted by atomic mass is 79.9. The molecular formula is C15H11BrCl2O. The van der Waals surface area contributed by atoms with Crippen molar-refractivity contribution in [3.63, 3.8) is 0 Å². The first-order valence-electron chi connectivity index (χ1n) is 5.67. The highest BCUT2D eigenvalue weighted by Gasteiger charge is 2.18. The monoisotopic (exact) mass is 356 g/mol. The number of benzene rings is 2. The minimum atomic E-state index is -0.149. The maximum Gasteiger partial charge on any atom is 0.196 e. The van der Waals surface area contributed by atoms with E-state index in [1.165, 1.54) is 0 Å². The summed E-state index contributed by atoms with van der Waals surface area (Å²) in [6, 6.07) is 8.83. The van der Waals surface area contributed by atoms with Crippen LogP contribution in [0.3, 0.4) is 0 Å². The Morgan fingerprint density at radius 3 is 2.21 bits per heavy atom. The van der Waals surface area contributed by atoms with Crippen molar-refractivity contribution in [1.82, 2.24) is 0 Å². The van der Waals surface area contributed by atoms with Crippen molar-refractivity contribution in [3.05, 3.63) is 67.1 Å². The van der Waals surface area contributed by atoms with Crippen LogP contribution in [0.5, 0.6) is 0 Å². The minimum absolute atomic E-state index is 0.149. The van der Waals surface area contributed by atoms with Gasteiger partial charge in [-0.15, -0.1) is 0 Å². The Bertz CT molecular complexity index is 645. The van der Waals surface area contributed by atoms with Gasteiger partial charge in [-0.3, -0.25) is 4.79 Å². The van der Waals surface area contributed by atoms with Gasteiger partial charge >= 0.3 is 0 Å². The lowest BCUT2D eigenvalue weighted by atomic mass is 9.97. The highest BCUT2D eigenvalue weighted by molar-refractivity contribution is 9.10. The van der Waals surface area contributed by atoms with E-state index in [1.54, 1.807) is 18.2 Å². The molecule has 0 fully saturated rings. The number of ketones is 1. The Kier molecular flexibility index (Phi) is 4.34. The molecule has 0 aliphatic rings. The highest BCUT2D eigenvalue weighted by Crippen LogP contribution is 2.29. The van der Waals surface area contributed by atoms with Crippen LogP contribution in [0.1, 0.15) is 27.0 Å². The lowest BCUT2D eigenvalue weighted by Crippen LogP contribution is -2.06. The molecule has 0 aliphatic heterocycles. The van der Waals surface area contributed by atoms with Gasteiger partial charge in [-0.2, -0.15) is 0 Å². The van der Waals surface area contributed by atoms with Gasteiger partial charge < -0.3 is 0 Å². The third-order valence-electron chi connectivity index (χ3n) is 2.94. The van der Waals surface area contributed by atoms with Crippen LogP contribution in [0.25, 0.3) is 0 Å². The number of hydrogen-bond acceptors (Lipinski definition) is 1. The predicted octanol–water partition coefficient (Wildman–Crippen LogP) is 5.60. The summed E-state index contributed by atoms with van der Waals surface area (Å²) in [5, 5.41) is 0.745. The Morgan fingerprint density at radius 2 is 1.63 bits per heavy atom. The second kappa shape index (κ2) is 5.66. The summed E-state index contributed by atoms with van der Waals surface area (Å²) in [6.07, 6.45) is 0. The van der Waals surface area contributed by atoms with Crippen LogP contribution in [-0.2, 0) is 0 Å². The molecule has 0 N–H and O–H groups in total. The van der Waals surface area contributed by atoms with Gasteiger partial charge in [0.05, 0.1) is 15.6 Å². The zero-order valence-electron chi connectivity index (χ0n) is 10.4. The fourth-order valence-electron chi connectivity index (χ4n) is 1.87. The van der Waals surface area contributed by atoms with Crippen LogP contribution >= 0.6 is 39.1 Å². The van der Waals surface area contributed by atoms with Gasteiger partial charge in [-0.25, -0.2) is 0 Å². The van der Waals surface area contributed by atoms with Gasteiger partial charge in [0.1, 0.15) is 0 Å². The average molecular weight is 358 g/mol. The van der Waals surface area contributed by atoms with Crippen LogP contribution < -0.4 is 0 Å². The summed E-state index contributed by atoms with van der Waals surface area (Å²) < 4.78 is 0.979. The molecule has 0 saturated carbocycles. The van der Waals surface area contributed by atoms with Crippen molar-refractivity contribution in [1.29, 1.82) is 0 Å². The van der Waals surface area contributed by atoms with E-state index in [-0.39, 0.29) is 5.78 Å². The lowest BCUT2D eigenvalue weighted by Gasteiger charge is -2.10. The van der Waals surface area contributed by atoms with Crippen LogP contribution in [0.2, 0.25) is 10.0 Å². The molecule has 0 amide bonds. The molecule has 0 spiro atoms. The third-order valence-corrected chi connectivity index (χ3v) is 4.42. The van der Waals surface area contributed by atoms with E-state index in [9.17, 15) is 4.79 Å². The van der Waals surface area contributed by atoms with Gasteiger partial charge in [-0.05, 0) is 49.2 Å². The summed E-state index contributed by atoms with van der Waals surface area (Å²) in [6.45, 7) is 3.83. The maximum absolute atomic E-state index is 12.6. The van der Waals surface area contributed by atoms with Crippen molar-refractivity contribution in [2.24, 2.45) is 0 Å². The quantitative estimate of drug-likeness (QED) is 0.639. The number of hydrogen-bond donors (Lipinski definition) is 0. The van der Waals surface area contributed by atoms with E-state index < -0.39 is 0 Å². The molecule has 0 bridgehead atoms. The molecule has 0 heterocycles. The smallest absolute Gasteiger partial charge is 0.196 e. The fourth-order valence-corrected chi connectivity index (χ4v) is 2.90. The normalized spacial score (nSPS) is 10.6. The van der Waals surface area contributed by atoms with E-state index in [0.29, 0.717) is 21.2 Å². The molecule has 2 aromatic rings. The first kappa shape index (κ1) is 14.6. The second-order valence-electron chi connectivity index (χ2n) is 4.34. The van der Waals surface area contributed by atoms with Crippen LogP contribution in [-0.4, -0.2) is 5.78 Å². The average Bonchev–Trinajstić information content (AvgIpc) is 2.33. The fraction of sp³-hybridized carbons (Fsp3) is 0.133. The summed E-state index contributed by atoms with van der Waals surface area (Å²) in [4.78, 5) is 12.6. The molecule has 19 heavy (non-hydrogen) atoms. The molecule has 4 heteroatoms. The molecule has 0 aromatic heterocycles. The van der Waals surface area contributed by atoms with Crippen molar-refractivity contribution < 1.29 is 4.79 Å². The number of aryl methyl sites for hydroxylation is 2. The van der Waals surface area contributed by atoms with E-state index in [1.807, 2.05) is 26.0 Å². The Labute approximate surface area is 130 Å². The van der Waals surface area contributed by atoms with Gasteiger partial charge in [0.15, 0.2) is 5.78 Å². The number of halogens is 3. The standard InChI is InChI=1S/C15H11BrCl2O/c1-8-7-11(16)9(2)6-10(8)15(19)14-12(17)4-3-5-13(14)18/h3-7H,1-2H3. The molecule has 1 nitrogen and oxygen atoms in total. The van der Waals surface area contributed by atoms with Gasteiger partial charge in [0.25, 0.3) is 0 Å². The van der Waals surface area contributed by atoms with E-state index in [4.69, 9.17) is 23.2 Å². The van der Waals surface area contributed by atoms with Crippen molar-refractivity contribution >= 4 is 44.9 Å². The number of carbonyl (C=O) groups is 1. The third kappa shape index (κ3) is 2.86. The summed E-state index contributed by atoms with van der Waals surface area (Å²) in [5.41, 5.74) is 2.86. The molecule has 0 unspecified atom stereocenters. The maximum atomic E-state index is 12.6. The van der Waals surface area contributed by atoms with Crippen LogP contribution in [0, 0.1) is 13.8 Å². The zero-order chi connectivity index (χ0) is 14.2. The van der Waals surface area contributed by atoms with Crippen LogP contribution in [0.15, 0.2) is 34.8 Å². The summed E-state index contributed by atoms with van der Waals surface area (Å²) in [5.74, 6) is -0.149. The van der Waals surface area contributed by atoms with E-state index >= 15 is 0 Å². The lowest BCUT2D eigenvalue weighted by molar-refractivity contribution is 0.103. The molecule has 0 aliphatic carbocycles. The molecule has 2 aromatic carbocycles. The van der Waals surface area contributed by atoms with Gasteiger partial charge in [-0.1, -0.05) is 45.2 Å². The SMILES string of the molecule is Cc1cc(C(=O)c2c(Cl)cccc2Cl)c(C)cc1Br. The largest absolute Gasteiger partial charge is 0.288 e. The van der Waals surface area contributed by atoms with Crippen molar-refractivity contribution in [2.75, 3.05) is 0 Å². The van der Waals surface area contributed by atoms with Crippen molar-refractivity contribution in [3.8, 4) is 0 Å². The van der Waals surface area contributed by atoms with Gasteiger partial charge in [0, 0.05) is 10.0 Å². The minimum Gasteiger partial charge on any atom is -0.288 e. The molecule has 98 valence electrons. The number of carbonyl (C=O) groups excluding carboxylic acids is 1. The summed E-state index contributed by atoms with van der Waals surface area (Å²) in [7, 11) is 0. The van der Waals surface area contributed by atoms with E-state index in [0.717, 1.165) is 15.6 Å². The molecule has 0 atom stereocenters. The first-order chi connectivity index (χ1) is 8.91. The van der Waals surface area contributed by atoms with Gasteiger partial charge in [0.2, 0.25) is 0 Å². The second-order valence-corrected chi connectivity index (χ2v) is 6.01. The molecule has 0 radical (unpaired) electrons.